The monoisotopic (exact) mass is 309 g/mol. The van der Waals surface area contributed by atoms with E-state index in [0.29, 0.717) is 6.42 Å². The topological polar surface area (TPSA) is 35.6 Å². The predicted octanol–water partition coefficient (Wildman–Crippen LogP) is 1.98. The van der Waals surface area contributed by atoms with Crippen molar-refractivity contribution in [1.82, 2.24) is 15.1 Å². The molecule has 0 aliphatic carbocycles. The minimum absolute atomic E-state index is 0.269. The molecule has 0 aromatic heterocycles. The number of nitrogens with zero attached hydrogens (tertiary/aromatic N) is 2. The van der Waals surface area contributed by atoms with Gasteiger partial charge >= 0.3 is 0 Å². The summed E-state index contributed by atoms with van der Waals surface area (Å²) in [6, 6.07) is 7.92. The highest BCUT2D eigenvalue weighted by Gasteiger charge is 2.16. The van der Waals surface area contributed by atoms with Crippen molar-refractivity contribution in [3.63, 3.8) is 0 Å². The van der Waals surface area contributed by atoms with Gasteiger partial charge in [-0.1, -0.05) is 30.7 Å². The first-order valence-electron chi connectivity index (χ1n) is 7.64. The molecule has 1 aliphatic heterocycles. The van der Waals surface area contributed by atoms with Gasteiger partial charge in [0.15, 0.2) is 0 Å². The van der Waals surface area contributed by atoms with Crippen molar-refractivity contribution < 1.29 is 4.79 Å². The van der Waals surface area contributed by atoms with E-state index in [2.05, 4.69) is 17.1 Å². The highest BCUT2D eigenvalue weighted by molar-refractivity contribution is 6.30. The van der Waals surface area contributed by atoms with Gasteiger partial charge in [0.2, 0.25) is 5.91 Å². The predicted molar refractivity (Wildman–Crippen MR) is 86.5 cm³/mol. The Kier molecular flexibility index (Phi) is 6.49. The van der Waals surface area contributed by atoms with Crippen molar-refractivity contribution in [3.8, 4) is 0 Å². The summed E-state index contributed by atoms with van der Waals surface area (Å²) in [5.41, 5.74) is 1.23. The zero-order chi connectivity index (χ0) is 15.1. The first-order chi connectivity index (χ1) is 10.2. The van der Waals surface area contributed by atoms with Crippen LogP contribution in [0.1, 0.15) is 18.9 Å². The molecule has 1 fully saturated rings. The van der Waals surface area contributed by atoms with Gasteiger partial charge < -0.3 is 10.2 Å². The summed E-state index contributed by atoms with van der Waals surface area (Å²) in [4.78, 5) is 16.4. The van der Waals surface area contributed by atoms with E-state index in [1.165, 1.54) is 5.56 Å². The molecule has 0 saturated carbocycles. The van der Waals surface area contributed by atoms with Crippen LogP contribution >= 0.6 is 11.6 Å². The minimum Gasteiger partial charge on any atom is -0.340 e. The maximum atomic E-state index is 12.2. The number of nitrogens with one attached hydrogen (secondary N) is 1. The smallest absolute Gasteiger partial charge is 0.223 e. The number of carbonyl (C=O) groups excluding carboxylic acids is 1. The second kappa shape index (κ2) is 8.37. The number of hydrogen-bond acceptors (Lipinski definition) is 3. The van der Waals surface area contributed by atoms with Crippen LogP contribution in [0, 0.1) is 0 Å². The van der Waals surface area contributed by atoms with Crippen LogP contribution in [0.15, 0.2) is 24.3 Å². The van der Waals surface area contributed by atoms with Crippen LogP contribution in [0.4, 0.5) is 0 Å². The summed E-state index contributed by atoms with van der Waals surface area (Å²) in [5.74, 6) is 0.269. The fourth-order valence-corrected chi connectivity index (χ4v) is 2.65. The summed E-state index contributed by atoms with van der Waals surface area (Å²) in [6.45, 7) is 8.24. The number of rotatable bonds is 6. The molecular formula is C16H24ClN3O. The number of halogens is 1. The van der Waals surface area contributed by atoms with E-state index in [1.54, 1.807) is 0 Å². The number of amides is 1. The normalized spacial score (nSPS) is 15.5. The van der Waals surface area contributed by atoms with Crippen LogP contribution in [-0.2, 0) is 11.3 Å². The molecule has 4 nitrogen and oxygen atoms in total. The van der Waals surface area contributed by atoms with Crippen molar-refractivity contribution in [2.75, 3.05) is 39.3 Å². The third-order valence-electron chi connectivity index (χ3n) is 3.88. The maximum absolute atomic E-state index is 12.2. The van der Waals surface area contributed by atoms with E-state index in [4.69, 9.17) is 11.6 Å². The molecule has 1 aliphatic rings. The van der Waals surface area contributed by atoms with Gasteiger partial charge in [0, 0.05) is 50.7 Å². The van der Waals surface area contributed by atoms with Gasteiger partial charge in [0.25, 0.3) is 0 Å². The summed E-state index contributed by atoms with van der Waals surface area (Å²) >= 11 is 5.90. The Morgan fingerprint density at radius 1 is 1.29 bits per heavy atom. The lowest BCUT2D eigenvalue weighted by Crippen LogP contribution is -2.47. The number of hydrogen-bond donors (Lipinski definition) is 1. The Labute approximate surface area is 132 Å². The summed E-state index contributed by atoms with van der Waals surface area (Å²) < 4.78 is 0. The van der Waals surface area contributed by atoms with Gasteiger partial charge in [-0.05, 0) is 24.2 Å². The largest absolute Gasteiger partial charge is 0.340 e. The van der Waals surface area contributed by atoms with Gasteiger partial charge in [0.1, 0.15) is 0 Å². The van der Waals surface area contributed by atoms with Gasteiger partial charge in [-0.2, -0.15) is 0 Å². The highest BCUT2D eigenvalue weighted by Crippen LogP contribution is 2.12. The molecule has 0 radical (unpaired) electrons. The molecule has 5 heteroatoms. The fraction of sp³-hybridized carbons (Fsp3) is 0.562. The van der Waals surface area contributed by atoms with Crippen LogP contribution in [-0.4, -0.2) is 55.0 Å². The average Bonchev–Trinajstić information content (AvgIpc) is 2.53. The molecule has 1 aromatic carbocycles. The van der Waals surface area contributed by atoms with Gasteiger partial charge in [0.05, 0.1) is 0 Å². The third kappa shape index (κ3) is 5.30. The van der Waals surface area contributed by atoms with Crippen molar-refractivity contribution >= 4 is 17.5 Å². The van der Waals surface area contributed by atoms with Crippen LogP contribution in [0.2, 0.25) is 5.02 Å². The Morgan fingerprint density at radius 3 is 2.57 bits per heavy atom. The maximum Gasteiger partial charge on any atom is 0.223 e. The second-order valence-electron chi connectivity index (χ2n) is 5.38. The van der Waals surface area contributed by atoms with Crippen molar-refractivity contribution in [2.24, 2.45) is 0 Å². The molecule has 1 amide bonds. The van der Waals surface area contributed by atoms with Crippen LogP contribution in [0.3, 0.4) is 0 Å². The standard InChI is InChI=1S/C16H24ClN3O/c1-2-19(13-14-3-5-15(17)6-4-14)10-7-16(21)20-11-8-18-9-12-20/h3-6,18H,2,7-13H2,1H3. The van der Waals surface area contributed by atoms with Crippen LogP contribution in [0.5, 0.6) is 0 Å². The van der Waals surface area contributed by atoms with Gasteiger partial charge in [-0.15, -0.1) is 0 Å². The molecule has 1 aromatic rings. The van der Waals surface area contributed by atoms with E-state index >= 15 is 0 Å². The summed E-state index contributed by atoms with van der Waals surface area (Å²) in [5, 5.41) is 4.03. The minimum atomic E-state index is 0.269. The van der Waals surface area contributed by atoms with E-state index < -0.39 is 0 Å². The van der Waals surface area contributed by atoms with E-state index in [1.807, 2.05) is 29.2 Å². The van der Waals surface area contributed by atoms with Crippen LogP contribution in [0.25, 0.3) is 0 Å². The SMILES string of the molecule is CCN(CCC(=O)N1CCNCC1)Cc1ccc(Cl)cc1. The number of benzene rings is 1. The lowest BCUT2D eigenvalue weighted by atomic mass is 10.2. The molecule has 0 atom stereocenters. The van der Waals surface area contributed by atoms with E-state index in [-0.39, 0.29) is 5.91 Å². The first-order valence-corrected chi connectivity index (χ1v) is 8.02. The van der Waals surface area contributed by atoms with Crippen molar-refractivity contribution in [3.05, 3.63) is 34.9 Å². The van der Waals surface area contributed by atoms with Crippen molar-refractivity contribution in [2.45, 2.75) is 19.9 Å². The Balaban J connectivity index is 1.78. The van der Waals surface area contributed by atoms with E-state index in [0.717, 1.165) is 50.8 Å². The fourth-order valence-electron chi connectivity index (χ4n) is 2.52. The van der Waals surface area contributed by atoms with Crippen LogP contribution < -0.4 is 5.32 Å². The zero-order valence-electron chi connectivity index (χ0n) is 12.6. The lowest BCUT2D eigenvalue weighted by molar-refractivity contribution is -0.132. The Bertz CT molecular complexity index is 443. The first kappa shape index (κ1) is 16.3. The Morgan fingerprint density at radius 2 is 1.95 bits per heavy atom. The second-order valence-corrected chi connectivity index (χ2v) is 5.81. The van der Waals surface area contributed by atoms with E-state index in [9.17, 15) is 4.79 Å². The molecule has 0 unspecified atom stereocenters. The summed E-state index contributed by atoms with van der Waals surface area (Å²) in [7, 11) is 0. The molecular weight excluding hydrogens is 286 g/mol. The molecule has 0 spiro atoms. The molecule has 2 rings (SSSR count). The summed E-state index contributed by atoms with van der Waals surface area (Å²) in [6.07, 6.45) is 0.599. The zero-order valence-corrected chi connectivity index (χ0v) is 13.4. The molecule has 1 saturated heterocycles. The quantitative estimate of drug-likeness (QED) is 0.873. The molecule has 21 heavy (non-hydrogen) atoms. The van der Waals surface area contributed by atoms with Gasteiger partial charge in [-0.3, -0.25) is 9.69 Å². The Hall–Kier alpha value is -1.10. The number of piperazine rings is 1. The third-order valence-corrected chi connectivity index (χ3v) is 4.13. The van der Waals surface area contributed by atoms with Crippen molar-refractivity contribution in [1.29, 1.82) is 0 Å². The molecule has 116 valence electrons. The molecule has 0 bridgehead atoms. The number of carbonyl (C=O) groups is 1. The average molecular weight is 310 g/mol. The highest BCUT2D eigenvalue weighted by atomic mass is 35.5. The lowest BCUT2D eigenvalue weighted by Gasteiger charge is -2.28. The molecule has 1 N–H and O–H groups in total. The van der Waals surface area contributed by atoms with Gasteiger partial charge in [-0.25, -0.2) is 0 Å². The molecule has 1 heterocycles.